The fraction of sp³-hybridized carbons (Fsp3) is 0.227. The number of thiophene rings is 1. The fourth-order valence-electron chi connectivity index (χ4n) is 4.15. The second-order valence-electron chi connectivity index (χ2n) is 8.12. The zero-order chi connectivity index (χ0) is 25.1. The molecule has 4 aromatic rings. The first-order valence-corrected chi connectivity index (χ1v) is 11.2. The maximum absolute atomic E-state index is 13.1. The molecule has 0 aliphatic carbocycles. The number of hydrogen-bond donors (Lipinski definition) is 3. The molecule has 3 heterocycles. The van der Waals surface area contributed by atoms with Crippen molar-refractivity contribution in [2.75, 3.05) is 17.2 Å². The van der Waals surface area contributed by atoms with Crippen molar-refractivity contribution < 1.29 is 18.0 Å². The van der Waals surface area contributed by atoms with Gasteiger partial charge in [-0.05, 0) is 23.1 Å². The number of halogens is 3. The number of nitrogens with two attached hydrogens (primary N) is 1. The Hall–Kier alpha value is -4.00. The topological polar surface area (TPSA) is 138 Å². The summed E-state index contributed by atoms with van der Waals surface area (Å²) in [6, 6.07) is 5.56. The van der Waals surface area contributed by atoms with Crippen LogP contribution in [0.5, 0.6) is 0 Å². The van der Waals surface area contributed by atoms with Gasteiger partial charge in [-0.3, -0.25) is 19.2 Å². The number of H-pyrrole nitrogens is 1. The molecule has 1 aliphatic heterocycles. The first kappa shape index (κ1) is 22.8. The predicted octanol–water partition coefficient (Wildman–Crippen LogP) is 1.67. The second-order valence-corrected chi connectivity index (χ2v) is 8.98. The lowest BCUT2D eigenvalue weighted by molar-refractivity contribution is -0.136. The molecule has 9 nitrogen and oxygen atoms in total. The number of benzene rings is 1. The number of amides is 1. The molecule has 5 rings (SSSR count). The normalized spacial score (nSPS) is 13.9. The van der Waals surface area contributed by atoms with Gasteiger partial charge in [0.2, 0.25) is 5.82 Å². The van der Waals surface area contributed by atoms with E-state index in [4.69, 9.17) is 5.73 Å². The Balaban J connectivity index is 1.32. The number of rotatable bonds is 4. The van der Waals surface area contributed by atoms with Crippen molar-refractivity contribution in [3.63, 3.8) is 0 Å². The third-order valence-corrected chi connectivity index (χ3v) is 6.81. The van der Waals surface area contributed by atoms with E-state index in [0.29, 0.717) is 30.8 Å². The van der Waals surface area contributed by atoms with Gasteiger partial charge in [-0.15, -0.1) is 11.3 Å². The number of alkyl halides is 3. The molecular weight excluding hydrogens is 487 g/mol. The first-order valence-electron chi connectivity index (χ1n) is 10.4. The van der Waals surface area contributed by atoms with Gasteiger partial charge in [-0.1, -0.05) is 18.2 Å². The van der Waals surface area contributed by atoms with Crippen LogP contribution in [0, 0.1) is 0 Å². The number of fused-ring (bicyclic) bond motifs is 2. The Morgan fingerprint density at radius 3 is 2.69 bits per heavy atom. The molecule has 4 N–H and O–H groups in total. The van der Waals surface area contributed by atoms with Gasteiger partial charge in [-0.25, -0.2) is 4.98 Å². The van der Waals surface area contributed by atoms with Gasteiger partial charge < -0.3 is 20.9 Å². The third kappa shape index (κ3) is 3.87. The molecular formula is C22H16F3N5O4S. The van der Waals surface area contributed by atoms with Gasteiger partial charge in [0, 0.05) is 25.0 Å². The molecule has 0 saturated carbocycles. The molecule has 2 aromatic carbocycles. The van der Waals surface area contributed by atoms with Crippen LogP contribution in [-0.4, -0.2) is 22.4 Å². The van der Waals surface area contributed by atoms with Crippen LogP contribution < -0.4 is 32.4 Å². The van der Waals surface area contributed by atoms with Crippen molar-refractivity contribution in [3.8, 4) is 0 Å². The minimum absolute atomic E-state index is 0.0339. The van der Waals surface area contributed by atoms with Crippen LogP contribution in [-0.2, 0) is 25.7 Å². The molecule has 0 atom stereocenters. The molecule has 0 fully saturated rings. The van der Waals surface area contributed by atoms with E-state index in [0.717, 1.165) is 22.1 Å². The zero-order valence-corrected chi connectivity index (χ0v) is 18.6. The van der Waals surface area contributed by atoms with Crippen LogP contribution in [0.1, 0.15) is 32.9 Å². The summed E-state index contributed by atoms with van der Waals surface area (Å²) in [5.74, 6) is -1.14. The Morgan fingerprint density at radius 1 is 1.20 bits per heavy atom. The van der Waals surface area contributed by atoms with Crippen molar-refractivity contribution in [1.29, 1.82) is 0 Å². The first-order chi connectivity index (χ1) is 16.5. The van der Waals surface area contributed by atoms with E-state index >= 15 is 0 Å². The average Bonchev–Trinajstić information content (AvgIpc) is 3.27. The SMILES string of the molecule is Nc1c(N2CCc3ccc(CNC(=O)c4nc5scc(C(F)(F)F)c5c(=O)[nH]4)cc3C2)c(=O)c1=O. The van der Waals surface area contributed by atoms with Crippen LogP contribution in [0.25, 0.3) is 10.2 Å². The van der Waals surface area contributed by atoms with Crippen LogP contribution in [0.2, 0.25) is 0 Å². The maximum Gasteiger partial charge on any atom is 0.418 e. The average molecular weight is 503 g/mol. The number of nitrogens with zero attached hydrogens (tertiary/aromatic N) is 2. The number of nitrogen functional groups attached to an aromatic ring is 1. The summed E-state index contributed by atoms with van der Waals surface area (Å²) in [6.07, 6.45) is -4.06. The van der Waals surface area contributed by atoms with Crippen molar-refractivity contribution in [2.24, 2.45) is 0 Å². The number of carbonyl (C=O) groups excluding carboxylic acids is 1. The summed E-state index contributed by atoms with van der Waals surface area (Å²) in [6.45, 7) is 0.977. The summed E-state index contributed by atoms with van der Waals surface area (Å²) in [4.78, 5) is 55.6. The molecule has 0 unspecified atom stereocenters. The zero-order valence-electron chi connectivity index (χ0n) is 17.8. The Morgan fingerprint density at radius 2 is 1.97 bits per heavy atom. The second kappa shape index (κ2) is 8.05. The van der Waals surface area contributed by atoms with Gasteiger partial charge in [0.25, 0.3) is 22.3 Å². The van der Waals surface area contributed by atoms with E-state index < -0.39 is 45.3 Å². The summed E-state index contributed by atoms with van der Waals surface area (Å²) in [7, 11) is 0. The molecule has 180 valence electrons. The van der Waals surface area contributed by atoms with E-state index in [1.165, 1.54) is 0 Å². The molecule has 1 amide bonds. The van der Waals surface area contributed by atoms with Crippen molar-refractivity contribution in [1.82, 2.24) is 15.3 Å². The van der Waals surface area contributed by atoms with E-state index in [1.54, 1.807) is 4.90 Å². The standard InChI is InChI=1S/C22H16F3N5O4S/c23-22(24,25)12-8-35-21-13(12)19(33)28-18(29-21)20(34)27-6-9-1-2-10-3-4-30(7-11(10)5-9)15-14(26)16(31)17(15)32/h1-2,5,8H,3-4,6-7,26H2,(H,27,34)(H,28,29,33). The van der Waals surface area contributed by atoms with Crippen LogP contribution in [0.4, 0.5) is 24.5 Å². The Kier molecular flexibility index (Phi) is 5.24. The number of anilines is 2. The number of nitrogens with one attached hydrogen (secondary N) is 2. The highest BCUT2D eigenvalue weighted by Crippen LogP contribution is 2.36. The minimum Gasteiger partial charge on any atom is -0.394 e. The van der Waals surface area contributed by atoms with Crippen molar-refractivity contribution >= 4 is 38.8 Å². The van der Waals surface area contributed by atoms with Crippen molar-refractivity contribution in [2.45, 2.75) is 25.7 Å². The van der Waals surface area contributed by atoms with Gasteiger partial charge >= 0.3 is 6.18 Å². The molecule has 35 heavy (non-hydrogen) atoms. The molecule has 0 saturated heterocycles. The Bertz CT molecular complexity index is 1630. The lowest BCUT2D eigenvalue weighted by atomic mass is 9.96. The highest BCUT2D eigenvalue weighted by atomic mass is 32.1. The predicted molar refractivity (Wildman–Crippen MR) is 123 cm³/mol. The molecule has 2 aromatic heterocycles. The summed E-state index contributed by atoms with van der Waals surface area (Å²) >= 11 is 0.633. The van der Waals surface area contributed by atoms with Crippen LogP contribution in [0.15, 0.2) is 38.0 Å². The molecule has 0 spiro atoms. The highest BCUT2D eigenvalue weighted by Gasteiger charge is 2.35. The minimum atomic E-state index is -4.71. The number of aromatic nitrogens is 2. The quantitative estimate of drug-likeness (QED) is 0.360. The maximum atomic E-state index is 13.1. The fourth-order valence-corrected chi connectivity index (χ4v) is 5.10. The third-order valence-electron chi connectivity index (χ3n) is 5.94. The summed E-state index contributed by atoms with van der Waals surface area (Å²) in [5.41, 5.74) is 5.15. The number of carbonyl (C=O) groups is 1. The summed E-state index contributed by atoms with van der Waals surface area (Å²) in [5, 5.41) is 2.79. The van der Waals surface area contributed by atoms with E-state index in [9.17, 15) is 32.3 Å². The van der Waals surface area contributed by atoms with Crippen molar-refractivity contribution in [3.05, 3.63) is 82.5 Å². The lowest BCUT2D eigenvalue weighted by Crippen LogP contribution is -2.44. The molecule has 0 radical (unpaired) electrons. The van der Waals surface area contributed by atoms with Gasteiger partial charge in [0.05, 0.1) is 10.9 Å². The van der Waals surface area contributed by atoms with Gasteiger partial charge in [0.15, 0.2) is 0 Å². The lowest BCUT2D eigenvalue weighted by Gasteiger charge is -2.32. The van der Waals surface area contributed by atoms with Crippen LogP contribution in [0.3, 0.4) is 0 Å². The number of aromatic amines is 1. The molecule has 0 bridgehead atoms. The Labute approximate surface area is 197 Å². The number of hydrogen-bond acceptors (Lipinski definition) is 8. The monoisotopic (exact) mass is 503 g/mol. The smallest absolute Gasteiger partial charge is 0.394 e. The van der Waals surface area contributed by atoms with E-state index in [1.807, 2.05) is 18.2 Å². The largest absolute Gasteiger partial charge is 0.418 e. The van der Waals surface area contributed by atoms with E-state index in [2.05, 4.69) is 15.3 Å². The van der Waals surface area contributed by atoms with E-state index in [-0.39, 0.29) is 22.7 Å². The van der Waals surface area contributed by atoms with Gasteiger partial charge in [0.1, 0.15) is 16.2 Å². The van der Waals surface area contributed by atoms with Crippen LogP contribution >= 0.6 is 11.3 Å². The molecule has 1 aliphatic rings. The van der Waals surface area contributed by atoms with Gasteiger partial charge in [-0.2, -0.15) is 13.2 Å². The summed E-state index contributed by atoms with van der Waals surface area (Å²) < 4.78 is 39.2. The highest BCUT2D eigenvalue weighted by molar-refractivity contribution is 7.16. The molecule has 13 heteroatoms.